The normalized spacial score (nSPS) is 10.4. The van der Waals surface area contributed by atoms with Gasteiger partial charge in [-0.05, 0) is 46.5 Å². The van der Waals surface area contributed by atoms with Crippen molar-refractivity contribution in [2.75, 3.05) is 5.32 Å². The number of rotatable bonds is 8. The fourth-order valence-corrected chi connectivity index (χ4v) is 3.53. The molecule has 0 aliphatic carbocycles. The highest BCUT2D eigenvalue weighted by Gasteiger charge is 2.15. The van der Waals surface area contributed by atoms with Crippen molar-refractivity contribution in [1.82, 2.24) is 5.32 Å². The Labute approximate surface area is 192 Å². The van der Waals surface area contributed by atoms with Gasteiger partial charge in [0.1, 0.15) is 5.69 Å². The Bertz CT molecular complexity index is 1260. The van der Waals surface area contributed by atoms with Crippen molar-refractivity contribution in [3.63, 3.8) is 0 Å². The Morgan fingerprint density at radius 3 is 2.03 bits per heavy atom. The maximum Gasteiger partial charge on any atom is 0.292 e. The summed E-state index contributed by atoms with van der Waals surface area (Å²) in [5, 5.41) is 17.6. The number of nitrogens with zero attached hydrogens (tertiary/aromatic N) is 1. The third kappa shape index (κ3) is 5.62. The quantitative estimate of drug-likeness (QED) is 0.269. The molecule has 0 aromatic heterocycles. The summed E-state index contributed by atoms with van der Waals surface area (Å²) < 4.78 is 0. The predicted molar refractivity (Wildman–Crippen MR) is 130 cm³/mol. The highest BCUT2D eigenvalue weighted by molar-refractivity contribution is 5.95. The van der Waals surface area contributed by atoms with Gasteiger partial charge in [-0.25, -0.2) is 0 Å². The summed E-state index contributed by atoms with van der Waals surface area (Å²) in [6.45, 7) is 0.905. The van der Waals surface area contributed by atoms with E-state index in [0.717, 1.165) is 22.3 Å². The molecule has 6 nitrogen and oxygen atoms in total. The Morgan fingerprint density at radius 1 is 0.727 bits per heavy atom. The van der Waals surface area contributed by atoms with E-state index in [1.807, 2.05) is 72.8 Å². The second-order valence-corrected chi connectivity index (χ2v) is 7.58. The van der Waals surface area contributed by atoms with Gasteiger partial charge in [0.15, 0.2) is 0 Å². The Kier molecular flexibility index (Phi) is 6.75. The Hall–Kier alpha value is -4.45. The lowest BCUT2D eigenvalue weighted by Gasteiger charge is -2.11. The van der Waals surface area contributed by atoms with Crippen LogP contribution >= 0.6 is 0 Å². The number of hydrogen-bond donors (Lipinski definition) is 2. The fraction of sp³-hybridized carbons (Fsp3) is 0.0741. The molecule has 0 unspecified atom stereocenters. The van der Waals surface area contributed by atoms with Crippen LogP contribution in [-0.4, -0.2) is 10.8 Å². The van der Waals surface area contributed by atoms with Gasteiger partial charge in [0, 0.05) is 24.7 Å². The van der Waals surface area contributed by atoms with Gasteiger partial charge in [-0.2, -0.15) is 0 Å². The fourth-order valence-electron chi connectivity index (χ4n) is 3.53. The number of anilines is 1. The first-order valence-electron chi connectivity index (χ1n) is 10.6. The van der Waals surface area contributed by atoms with Crippen LogP contribution in [0.3, 0.4) is 0 Å². The molecular weight excluding hydrogens is 414 g/mol. The van der Waals surface area contributed by atoms with Crippen molar-refractivity contribution < 1.29 is 9.72 Å². The Morgan fingerprint density at radius 2 is 1.36 bits per heavy atom. The topological polar surface area (TPSA) is 84.3 Å². The van der Waals surface area contributed by atoms with E-state index in [0.29, 0.717) is 24.3 Å². The summed E-state index contributed by atoms with van der Waals surface area (Å²) in [6.07, 6.45) is 0. The summed E-state index contributed by atoms with van der Waals surface area (Å²) >= 11 is 0. The minimum atomic E-state index is -0.398. The van der Waals surface area contributed by atoms with Crippen molar-refractivity contribution in [3.8, 4) is 11.1 Å². The molecule has 0 saturated heterocycles. The first kappa shape index (κ1) is 21.8. The number of nitro benzene ring substituents is 1. The predicted octanol–water partition coefficient (Wildman–Crippen LogP) is 5.80. The number of benzene rings is 4. The summed E-state index contributed by atoms with van der Waals surface area (Å²) in [4.78, 5) is 23.8. The van der Waals surface area contributed by atoms with Crippen molar-refractivity contribution in [2.45, 2.75) is 13.1 Å². The van der Waals surface area contributed by atoms with Crippen LogP contribution in [0.1, 0.15) is 21.5 Å². The van der Waals surface area contributed by atoms with E-state index in [-0.39, 0.29) is 11.6 Å². The summed E-state index contributed by atoms with van der Waals surface area (Å²) in [5.41, 5.74) is 4.60. The third-order valence-corrected chi connectivity index (χ3v) is 5.27. The highest BCUT2D eigenvalue weighted by atomic mass is 16.6. The monoisotopic (exact) mass is 437 g/mol. The van der Waals surface area contributed by atoms with Crippen LogP contribution in [0.4, 0.5) is 11.4 Å². The number of carbonyl (C=O) groups is 1. The average molecular weight is 437 g/mol. The van der Waals surface area contributed by atoms with Crippen LogP contribution in [-0.2, 0) is 13.1 Å². The van der Waals surface area contributed by atoms with E-state index in [1.165, 1.54) is 6.07 Å². The molecule has 0 fully saturated rings. The van der Waals surface area contributed by atoms with Crippen molar-refractivity contribution >= 4 is 17.3 Å². The summed E-state index contributed by atoms with van der Waals surface area (Å²) in [6, 6.07) is 31.6. The van der Waals surface area contributed by atoms with Crippen molar-refractivity contribution in [1.29, 1.82) is 0 Å². The van der Waals surface area contributed by atoms with Crippen LogP contribution in [0.5, 0.6) is 0 Å². The van der Waals surface area contributed by atoms with Crippen molar-refractivity contribution in [2.24, 2.45) is 0 Å². The third-order valence-electron chi connectivity index (χ3n) is 5.27. The van der Waals surface area contributed by atoms with E-state index < -0.39 is 4.92 Å². The molecule has 4 rings (SSSR count). The molecule has 1 amide bonds. The molecular formula is C27H23N3O3. The number of nitro groups is 1. The maximum absolute atomic E-state index is 12.7. The van der Waals surface area contributed by atoms with Gasteiger partial charge in [-0.1, -0.05) is 72.8 Å². The lowest BCUT2D eigenvalue weighted by atomic mass is 10.0. The minimum Gasteiger partial charge on any atom is -0.375 e. The molecule has 0 radical (unpaired) electrons. The molecule has 0 aliphatic heterocycles. The first-order chi connectivity index (χ1) is 16.1. The molecule has 2 N–H and O–H groups in total. The zero-order valence-corrected chi connectivity index (χ0v) is 17.9. The lowest BCUT2D eigenvalue weighted by molar-refractivity contribution is -0.384. The second kappa shape index (κ2) is 10.2. The van der Waals surface area contributed by atoms with Crippen LogP contribution in [0, 0.1) is 10.1 Å². The van der Waals surface area contributed by atoms with Gasteiger partial charge in [0.25, 0.3) is 11.6 Å². The first-order valence-corrected chi connectivity index (χ1v) is 10.6. The summed E-state index contributed by atoms with van der Waals surface area (Å²) in [5.74, 6) is -0.176. The van der Waals surface area contributed by atoms with Gasteiger partial charge in [-0.3, -0.25) is 14.9 Å². The molecule has 33 heavy (non-hydrogen) atoms. The maximum atomic E-state index is 12.7. The molecule has 6 heteroatoms. The minimum absolute atomic E-state index is 0.00596. The number of amides is 1. The Balaban J connectivity index is 1.54. The number of hydrogen-bond acceptors (Lipinski definition) is 4. The van der Waals surface area contributed by atoms with Gasteiger partial charge >= 0.3 is 0 Å². The molecule has 0 bridgehead atoms. The molecule has 4 aromatic rings. The van der Waals surface area contributed by atoms with Gasteiger partial charge in [-0.15, -0.1) is 0 Å². The van der Waals surface area contributed by atoms with Crippen LogP contribution < -0.4 is 10.6 Å². The molecule has 4 aromatic carbocycles. The van der Waals surface area contributed by atoms with E-state index in [1.54, 1.807) is 24.3 Å². The van der Waals surface area contributed by atoms with Gasteiger partial charge in [0.05, 0.1) is 4.92 Å². The van der Waals surface area contributed by atoms with E-state index in [2.05, 4.69) is 10.6 Å². The number of carbonyl (C=O) groups excluding carboxylic acids is 1. The van der Waals surface area contributed by atoms with Gasteiger partial charge < -0.3 is 10.6 Å². The molecule has 164 valence electrons. The van der Waals surface area contributed by atoms with Gasteiger partial charge in [0.2, 0.25) is 0 Å². The largest absolute Gasteiger partial charge is 0.375 e. The van der Waals surface area contributed by atoms with Crippen LogP contribution in [0.15, 0.2) is 103 Å². The zero-order valence-electron chi connectivity index (χ0n) is 17.9. The van der Waals surface area contributed by atoms with E-state index in [9.17, 15) is 14.9 Å². The second-order valence-electron chi connectivity index (χ2n) is 7.58. The summed E-state index contributed by atoms with van der Waals surface area (Å²) in [7, 11) is 0. The molecule has 0 saturated carbocycles. The molecule has 0 aliphatic rings. The lowest BCUT2D eigenvalue weighted by Crippen LogP contribution is -2.22. The van der Waals surface area contributed by atoms with E-state index in [4.69, 9.17) is 0 Å². The average Bonchev–Trinajstić information content (AvgIpc) is 2.87. The van der Waals surface area contributed by atoms with Crippen molar-refractivity contribution in [3.05, 3.63) is 130 Å². The molecule has 0 spiro atoms. The highest BCUT2D eigenvalue weighted by Crippen LogP contribution is 2.31. The SMILES string of the molecule is O=C(NCc1ccccc1)c1cccc(-c2ccc([N+](=O)[O-])c(NCc3ccccc3)c2)c1. The van der Waals surface area contributed by atoms with Crippen LogP contribution in [0.25, 0.3) is 11.1 Å². The van der Waals surface area contributed by atoms with E-state index >= 15 is 0 Å². The van der Waals surface area contributed by atoms with Crippen LogP contribution in [0.2, 0.25) is 0 Å². The zero-order chi connectivity index (χ0) is 23.0. The number of nitrogens with one attached hydrogen (secondary N) is 2. The molecule has 0 atom stereocenters. The molecule has 0 heterocycles. The smallest absolute Gasteiger partial charge is 0.292 e. The standard InChI is InChI=1S/C27H23N3O3/c31-27(29-19-21-10-5-2-6-11-21)24-13-7-12-22(16-24)23-14-15-26(30(32)33)25(17-23)28-18-20-8-3-1-4-9-20/h1-17,28H,18-19H2,(H,29,31).